The van der Waals surface area contributed by atoms with Crippen LogP contribution in [0.2, 0.25) is 0 Å². The van der Waals surface area contributed by atoms with Crippen LogP contribution in [-0.4, -0.2) is 47.8 Å². The van der Waals surface area contributed by atoms with Crippen molar-refractivity contribution in [2.45, 2.75) is 40.2 Å². The molecule has 0 N–H and O–H groups in total. The van der Waals surface area contributed by atoms with Crippen LogP contribution in [0.4, 0.5) is 14.9 Å². The van der Waals surface area contributed by atoms with E-state index in [2.05, 4.69) is 9.88 Å². The Labute approximate surface area is 167 Å². The summed E-state index contributed by atoms with van der Waals surface area (Å²) < 4.78 is 18.5. The van der Waals surface area contributed by atoms with Crippen LogP contribution in [0.3, 0.4) is 0 Å². The van der Waals surface area contributed by atoms with Crippen LogP contribution in [0.25, 0.3) is 11.1 Å². The van der Waals surface area contributed by atoms with Crippen molar-refractivity contribution >= 4 is 11.8 Å². The van der Waals surface area contributed by atoms with Crippen molar-refractivity contribution in [3.8, 4) is 11.1 Å². The zero-order valence-electron chi connectivity index (χ0n) is 17.4. The highest BCUT2D eigenvalue weighted by Crippen LogP contribution is 2.25. The highest BCUT2D eigenvalue weighted by atomic mass is 19.1. The van der Waals surface area contributed by atoms with Crippen molar-refractivity contribution in [2.24, 2.45) is 0 Å². The van der Waals surface area contributed by atoms with E-state index < -0.39 is 5.60 Å². The Hall–Kier alpha value is -2.63. The van der Waals surface area contributed by atoms with Crippen molar-refractivity contribution in [3.05, 3.63) is 48.5 Å². The first-order chi connectivity index (χ1) is 13.3. The number of anilines is 1. The highest BCUT2D eigenvalue weighted by Gasteiger charge is 2.26. The molecule has 0 aliphatic carbocycles. The molecule has 6 heteroatoms. The van der Waals surface area contributed by atoms with E-state index in [4.69, 9.17) is 4.74 Å². The molecule has 0 spiro atoms. The summed E-state index contributed by atoms with van der Waals surface area (Å²) in [5.41, 5.74) is 2.38. The van der Waals surface area contributed by atoms with Gasteiger partial charge in [-0.25, -0.2) is 9.18 Å². The van der Waals surface area contributed by atoms with Crippen molar-refractivity contribution in [2.75, 3.05) is 31.1 Å². The van der Waals surface area contributed by atoms with Gasteiger partial charge in [0, 0.05) is 37.9 Å². The van der Waals surface area contributed by atoms with Crippen molar-refractivity contribution in [1.82, 2.24) is 9.88 Å². The maximum atomic E-state index is 13.1. The molecule has 0 saturated carbocycles. The first kappa shape index (κ1) is 21.7. The number of amides is 1. The van der Waals surface area contributed by atoms with Crippen LogP contribution in [0, 0.1) is 5.82 Å². The van der Waals surface area contributed by atoms with Gasteiger partial charge in [0.1, 0.15) is 11.4 Å². The number of halogens is 1. The van der Waals surface area contributed by atoms with E-state index in [1.807, 2.05) is 46.9 Å². The van der Waals surface area contributed by atoms with Gasteiger partial charge in [-0.05, 0) is 44.5 Å². The Bertz CT molecular complexity index is 764. The normalized spacial score (nSPS) is 14.2. The van der Waals surface area contributed by atoms with Crippen LogP contribution < -0.4 is 4.90 Å². The standard InChI is InChI=1S/C20H24FN3O2.C2H6/c1-20(2,3)26-19(25)24-10-8-23(9-11-24)18-12-16(13-22-14-18)15-4-6-17(21)7-5-15;1-2/h4-7,12-14H,8-11H2,1-3H3;1-2H3. The number of carbonyl (C=O) groups is 1. The van der Waals surface area contributed by atoms with E-state index in [1.54, 1.807) is 23.2 Å². The Balaban J connectivity index is 0.00000136. The zero-order valence-corrected chi connectivity index (χ0v) is 17.4. The molecule has 152 valence electrons. The number of pyridine rings is 1. The van der Waals surface area contributed by atoms with Crippen LogP contribution in [0.1, 0.15) is 34.6 Å². The number of benzene rings is 1. The Morgan fingerprint density at radius 2 is 1.61 bits per heavy atom. The van der Waals surface area contributed by atoms with E-state index in [9.17, 15) is 9.18 Å². The maximum absolute atomic E-state index is 13.1. The van der Waals surface area contributed by atoms with E-state index in [-0.39, 0.29) is 11.9 Å². The first-order valence-corrected chi connectivity index (χ1v) is 9.76. The molecule has 0 bridgehead atoms. The maximum Gasteiger partial charge on any atom is 0.410 e. The summed E-state index contributed by atoms with van der Waals surface area (Å²) in [5.74, 6) is -0.254. The summed E-state index contributed by atoms with van der Waals surface area (Å²) in [6.07, 6.45) is 3.32. The molecule has 0 radical (unpaired) electrons. The molecule has 1 aromatic heterocycles. The minimum Gasteiger partial charge on any atom is -0.444 e. The Kier molecular flexibility index (Phi) is 7.38. The van der Waals surface area contributed by atoms with Gasteiger partial charge in [-0.2, -0.15) is 0 Å². The smallest absolute Gasteiger partial charge is 0.410 e. The number of piperazine rings is 1. The van der Waals surface area contributed by atoms with Crippen LogP contribution in [0.15, 0.2) is 42.7 Å². The zero-order chi connectivity index (χ0) is 20.7. The molecule has 0 atom stereocenters. The van der Waals surface area contributed by atoms with Crippen molar-refractivity contribution in [3.63, 3.8) is 0 Å². The fourth-order valence-corrected chi connectivity index (χ4v) is 2.87. The molecule has 3 rings (SSSR count). The molecule has 2 heterocycles. The third-order valence-corrected chi connectivity index (χ3v) is 4.20. The van der Waals surface area contributed by atoms with E-state index in [0.29, 0.717) is 26.2 Å². The predicted octanol–water partition coefficient (Wildman–Crippen LogP) is 4.97. The molecule has 1 aliphatic rings. The lowest BCUT2D eigenvalue weighted by molar-refractivity contribution is 0.0240. The highest BCUT2D eigenvalue weighted by molar-refractivity contribution is 5.69. The van der Waals surface area contributed by atoms with E-state index in [1.165, 1.54) is 12.1 Å². The third-order valence-electron chi connectivity index (χ3n) is 4.20. The Morgan fingerprint density at radius 3 is 2.18 bits per heavy atom. The monoisotopic (exact) mass is 387 g/mol. The van der Waals surface area contributed by atoms with Crippen molar-refractivity contribution < 1.29 is 13.9 Å². The molecule has 1 aromatic carbocycles. The van der Waals surface area contributed by atoms with Gasteiger partial charge < -0.3 is 14.5 Å². The first-order valence-electron chi connectivity index (χ1n) is 9.76. The summed E-state index contributed by atoms with van der Waals surface area (Å²) in [7, 11) is 0. The number of nitrogens with zero attached hydrogens (tertiary/aromatic N) is 3. The van der Waals surface area contributed by atoms with Gasteiger partial charge in [-0.3, -0.25) is 4.98 Å². The molecule has 1 amide bonds. The molecular formula is C22H30FN3O2. The van der Waals surface area contributed by atoms with E-state index >= 15 is 0 Å². The minimum absolute atomic E-state index is 0.254. The van der Waals surface area contributed by atoms with E-state index in [0.717, 1.165) is 16.8 Å². The van der Waals surface area contributed by atoms with Crippen LogP contribution in [-0.2, 0) is 4.74 Å². The molecule has 1 fully saturated rings. The molecule has 5 nitrogen and oxygen atoms in total. The lowest BCUT2D eigenvalue weighted by Gasteiger charge is -2.36. The average molecular weight is 387 g/mol. The van der Waals surface area contributed by atoms with Gasteiger partial charge in [0.15, 0.2) is 0 Å². The SMILES string of the molecule is CC.CC(C)(C)OC(=O)N1CCN(c2cncc(-c3ccc(F)cc3)c2)CC1. The molecular weight excluding hydrogens is 357 g/mol. The van der Waals surface area contributed by atoms with Crippen molar-refractivity contribution in [1.29, 1.82) is 0 Å². The minimum atomic E-state index is -0.484. The van der Waals surface area contributed by atoms with Gasteiger partial charge in [0.2, 0.25) is 0 Å². The predicted molar refractivity (Wildman–Crippen MR) is 111 cm³/mol. The average Bonchev–Trinajstić information content (AvgIpc) is 2.69. The summed E-state index contributed by atoms with van der Waals surface area (Å²) in [5, 5.41) is 0. The molecule has 1 aliphatic heterocycles. The lowest BCUT2D eigenvalue weighted by atomic mass is 10.1. The number of aromatic nitrogens is 1. The fourth-order valence-electron chi connectivity index (χ4n) is 2.87. The Morgan fingerprint density at radius 1 is 1.00 bits per heavy atom. The number of carbonyl (C=O) groups excluding carboxylic acids is 1. The quantitative estimate of drug-likeness (QED) is 0.730. The summed E-state index contributed by atoms with van der Waals surface area (Å²) in [6, 6.07) is 8.43. The fraction of sp³-hybridized carbons (Fsp3) is 0.455. The third kappa shape index (κ3) is 5.94. The van der Waals surface area contributed by atoms with Gasteiger partial charge in [0.25, 0.3) is 0 Å². The molecule has 28 heavy (non-hydrogen) atoms. The second kappa shape index (κ2) is 9.53. The number of hydrogen-bond acceptors (Lipinski definition) is 4. The van der Waals surface area contributed by atoms with Crippen LogP contribution in [0.5, 0.6) is 0 Å². The summed E-state index contributed by atoms with van der Waals surface area (Å²) in [6.45, 7) is 12.3. The summed E-state index contributed by atoms with van der Waals surface area (Å²) >= 11 is 0. The van der Waals surface area contributed by atoms with Gasteiger partial charge in [-0.15, -0.1) is 0 Å². The second-order valence-electron chi connectivity index (χ2n) is 7.39. The molecule has 1 saturated heterocycles. The van der Waals surface area contributed by atoms with Gasteiger partial charge >= 0.3 is 6.09 Å². The molecule has 2 aromatic rings. The molecule has 0 unspecified atom stereocenters. The second-order valence-corrected chi connectivity index (χ2v) is 7.39. The van der Waals surface area contributed by atoms with Gasteiger partial charge in [-0.1, -0.05) is 26.0 Å². The number of ether oxygens (including phenoxy) is 1. The van der Waals surface area contributed by atoms with Gasteiger partial charge in [0.05, 0.1) is 11.9 Å². The summed E-state index contributed by atoms with van der Waals surface area (Å²) in [4.78, 5) is 20.4. The number of hydrogen-bond donors (Lipinski definition) is 0. The lowest BCUT2D eigenvalue weighted by Crippen LogP contribution is -2.50. The number of rotatable bonds is 2. The topological polar surface area (TPSA) is 45.7 Å². The van der Waals surface area contributed by atoms with Crippen LogP contribution >= 0.6 is 0 Å². The largest absolute Gasteiger partial charge is 0.444 e.